The van der Waals surface area contributed by atoms with Crippen molar-refractivity contribution in [2.24, 2.45) is 0 Å². The number of aromatic nitrogens is 1. The number of aryl methyl sites for hydroxylation is 1. The summed E-state index contributed by atoms with van der Waals surface area (Å²) in [4.78, 5) is 17.6. The topological polar surface area (TPSA) is 56.3 Å². The standard InChI is InChI=1S/C23H23F3N2O2/c24-15-5-3-14(4-6-15)22-18(19-12-16(25)13-20(26)23(19)27-22)7-8-21(30)28-10-1-2-17(28)9-11-29/h3-6,12-13,17,27,29H,1-2,7-11H2. The van der Waals surface area contributed by atoms with Gasteiger partial charge in [0.25, 0.3) is 0 Å². The average Bonchev–Trinajstić information content (AvgIpc) is 3.32. The fourth-order valence-corrected chi connectivity index (χ4v) is 4.39. The Morgan fingerprint density at radius 3 is 2.63 bits per heavy atom. The van der Waals surface area contributed by atoms with Crippen LogP contribution in [0.2, 0.25) is 0 Å². The highest BCUT2D eigenvalue weighted by molar-refractivity contribution is 5.92. The van der Waals surface area contributed by atoms with Crippen LogP contribution in [0.3, 0.4) is 0 Å². The number of aromatic amines is 1. The molecule has 2 aromatic carbocycles. The molecule has 0 radical (unpaired) electrons. The molecule has 3 aromatic rings. The van der Waals surface area contributed by atoms with Crippen LogP contribution in [0.25, 0.3) is 22.2 Å². The molecule has 1 aliphatic rings. The van der Waals surface area contributed by atoms with Gasteiger partial charge < -0.3 is 15.0 Å². The molecule has 0 saturated carbocycles. The first-order chi connectivity index (χ1) is 14.5. The van der Waals surface area contributed by atoms with Crippen LogP contribution in [-0.2, 0) is 11.2 Å². The summed E-state index contributed by atoms with van der Waals surface area (Å²) < 4.78 is 41.7. The molecule has 2 N–H and O–H groups in total. The number of carbonyl (C=O) groups excluding carboxylic acids is 1. The van der Waals surface area contributed by atoms with E-state index in [9.17, 15) is 23.1 Å². The summed E-state index contributed by atoms with van der Waals surface area (Å²) in [6.45, 7) is 0.690. The Bertz CT molecular complexity index is 1060. The lowest BCUT2D eigenvalue weighted by Crippen LogP contribution is -2.36. The van der Waals surface area contributed by atoms with E-state index in [2.05, 4.69) is 4.98 Å². The van der Waals surface area contributed by atoms with Gasteiger partial charge in [0, 0.05) is 42.8 Å². The number of fused-ring (bicyclic) bond motifs is 1. The first kappa shape index (κ1) is 20.5. The zero-order chi connectivity index (χ0) is 21.3. The van der Waals surface area contributed by atoms with Crippen LogP contribution in [-0.4, -0.2) is 40.1 Å². The highest BCUT2D eigenvalue weighted by Crippen LogP contribution is 2.34. The van der Waals surface area contributed by atoms with E-state index in [4.69, 9.17) is 0 Å². The van der Waals surface area contributed by atoms with E-state index in [0.29, 0.717) is 35.2 Å². The number of amides is 1. The number of nitrogens with one attached hydrogen (secondary N) is 1. The fraction of sp³-hybridized carbons (Fsp3) is 0.348. The fourth-order valence-electron chi connectivity index (χ4n) is 4.39. The first-order valence-corrected chi connectivity index (χ1v) is 10.1. The number of hydrogen-bond donors (Lipinski definition) is 2. The lowest BCUT2D eigenvalue weighted by atomic mass is 10.0. The van der Waals surface area contributed by atoms with Gasteiger partial charge in [-0.05, 0) is 67.1 Å². The third-order valence-corrected chi connectivity index (χ3v) is 5.81. The monoisotopic (exact) mass is 416 g/mol. The minimum absolute atomic E-state index is 0.0319. The van der Waals surface area contributed by atoms with Crippen molar-refractivity contribution in [3.8, 4) is 11.3 Å². The van der Waals surface area contributed by atoms with Crippen LogP contribution in [0.15, 0.2) is 36.4 Å². The Morgan fingerprint density at radius 2 is 1.90 bits per heavy atom. The van der Waals surface area contributed by atoms with Crippen LogP contribution in [0, 0.1) is 17.5 Å². The molecular formula is C23H23F3N2O2. The van der Waals surface area contributed by atoms with E-state index in [-0.39, 0.29) is 36.9 Å². The van der Waals surface area contributed by atoms with Gasteiger partial charge >= 0.3 is 0 Å². The molecule has 2 heterocycles. The summed E-state index contributed by atoms with van der Waals surface area (Å²) in [6, 6.07) is 7.84. The average molecular weight is 416 g/mol. The Hall–Kier alpha value is -2.80. The van der Waals surface area contributed by atoms with Crippen LogP contribution in [0.4, 0.5) is 13.2 Å². The molecule has 0 bridgehead atoms. The maximum atomic E-state index is 14.4. The Kier molecular flexibility index (Phi) is 5.81. The Balaban J connectivity index is 1.67. The third kappa shape index (κ3) is 3.94. The summed E-state index contributed by atoms with van der Waals surface area (Å²) in [7, 11) is 0. The van der Waals surface area contributed by atoms with Crippen molar-refractivity contribution in [2.45, 2.75) is 38.1 Å². The van der Waals surface area contributed by atoms with E-state index in [1.807, 2.05) is 0 Å². The Labute approximate surface area is 172 Å². The number of likely N-dealkylation sites (tertiary alicyclic amines) is 1. The summed E-state index contributed by atoms with van der Waals surface area (Å²) in [5.41, 5.74) is 1.98. The van der Waals surface area contributed by atoms with Crippen molar-refractivity contribution >= 4 is 16.8 Å². The highest BCUT2D eigenvalue weighted by Gasteiger charge is 2.28. The second-order valence-corrected chi connectivity index (χ2v) is 7.69. The molecule has 30 heavy (non-hydrogen) atoms. The van der Waals surface area contributed by atoms with E-state index >= 15 is 0 Å². The van der Waals surface area contributed by atoms with Gasteiger partial charge in [-0.3, -0.25) is 4.79 Å². The lowest BCUT2D eigenvalue weighted by Gasteiger charge is -2.24. The van der Waals surface area contributed by atoms with Crippen molar-refractivity contribution < 1.29 is 23.1 Å². The molecular weight excluding hydrogens is 393 g/mol. The van der Waals surface area contributed by atoms with Gasteiger partial charge in [0.2, 0.25) is 5.91 Å². The van der Waals surface area contributed by atoms with E-state index in [1.165, 1.54) is 18.2 Å². The van der Waals surface area contributed by atoms with Gasteiger partial charge in [-0.15, -0.1) is 0 Å². The maximum Gasteiger partial charge on any atom is 0.223 e. The number of aliphatic hydroxyl groups excluding tert-OH is 1. The van der Waals surface area contributed by atoms with Crippen molar-refractivity contribution in [1.82, 2.24) is 9.88 Å². The number of aliphatic hydroxyl groups is 1. The molecule has 4 nitrogen and oxygen atoms in total. The number of nitrogens with zero attached hydrogens (tertiary/aromatic N) is 1. The predicted octanol–water partition coefficient (Wildman–Crippen LogP) is 4.56. The molecule has 1 aliphatic heterocycles. The minimum Gasteiger partial charge on any atom is -0.396 e. The van der Waals surface area contributed by atoms with Crippen LogP contribution < -0.4 is 0 Å². The number of hydrogen-bond acceptors (Lipinski definition) is 2. The zero-order valence-electron chi connectivity index (χ0n) is 16.4. The summed E-state index contributed by atoms with van der Waals surface area (Å²) in [5, 5.41) is 9.60. The molecule has 1 unspecified atom stereocenters. The molecule has 1 saturated heterocycles. The predicted molar refractivity (Wildman–Crippen MR) is 108 cm³/mol. The van der Waals surface area contributed by atoms with Gasteiger partial charge in [-0.25, -0.2) is 13.2 Å². The normalized spacial score (nSPS) is 16.5. The molecule has 4 rings (SSSR count). The van der Waals surface area contributed by atoms with Crippen molar-refractivity contribution in [2.75, 3.05) is 13.2 Å². The number of rotatable bonds is 6. The van der Waals surface area contributed by atoms with Crippen LogP contribution in [0.5, 0.6) is 0 Å². The summed E-state index contributed by atoms with van der Waals surface area (Å²) in [6.07, 6.45) is 2.80. The molecule has 0 spiro atoms. The first-order valence-electron chi connectivity index (χ1n) is 10.1. The van der Waals surface area contributed by atoms with Gasteiger partial charge in [-0.1, -0.05) is 0 Å². The molecule has 1 aromatic heterocycles. The lowest BCUT2D eigenvalue weighted by molar-refractivity contribution is -0.132. The van der Waals surface area contributed by atoms with Crippen LogP contribution >= 0.6 is 0 Å². The SMILES string of the molecule is O=C(CCc1c(-c2ccc(F)cc2)[nH]c2c(F)cc(F)cc12)N1CCCC1CCO. The van der Waals surface area contributed by atoms with Crippen molar-refractivity contribution in [3.05, 3.63) is 59.4 Å². The molecule has 1 amide bonds. The third-order valence-electron chi connectivity index (χ3n) is 5.81. The second kappa shape index (κ2) is 8.52. The highest BCUT2D eigenvalue weighted by atomic mass is 19.1. The molecule has 7 heteroatoms. The van der Waals surface area contributed by atoms with Gasteiger partial charge in [0.1, 0.15) is 17.5 Å². The van der Waals surface area contributed by atoms with Crippen LogP contribution in [0.1, 0.15) is 31.2 Å². The van der Waals surface area contributed by atoms with Gasteiger partial charge in [-0.2, -0.15) is 0 Å². The van der Waals surface area contributed by atoms with E-state index in [1.54, 1.807) is 17.0 Å². The quantitative estimate of drug-likeness (QED) is 0.619. The largest absolute Gasteiger partial charge is 0.396 e. The zero-order valence-corrected chi connectivity index (χ0v) is 16.4. The van der Waals surface area contributed by atoms with E-state index < -0.39 is 17.5 Å². The number of carbonyl (C=O) groups is 1. The molecule has 158 valence electrons. The van der Waals surface area contributed by atoms with E-state index in [0.717, 1.165) is 18.9 Å². The Morgan fingerprint density at radius 1 is 1.13 bits per heavy atom. The maximum absolute atomic E-state index is 14.4. The number of benzene rings is 2. The minimum atomic E-state index is -0.714. The van der Waals surface area contributed by atoms with Gasteiger partial charge in [0.15, 0.2) is 0 Å². The summed E-state index contributed by atoms with van der Waals surface area (Å²) >= 11 is 0. The summed E-state index contributed by atoms with van der Waals surface area (Å²) in [5.74, 6) is -1.84. The van der Waals surface area contributed by atoms with Crippen molar-refractivity contribution in [1.29, 1.82) is 0 Å². The number of halogens is 3. The molecule has 1 atom stereocenters. The molecule has 0 aliphatic carbocycles. The smallest absolute Gasteiger partial charge is 0.223 e. The van der Waals surface area contributed by atoms with Crippen molar-refractivity contribution in [3.63, 3.8) is 0 Å². The van der Waals surface area contributed by atoms with Gasteiger partial charge in [0.05, 0.1) is 5.52 Å². The second-order valence-electron chi connectivity index (χ2n) is 7.69. The molecule has 1 fully saturated rings. The number of H-pyrrole nitrogens is 1.